The Hall–Kier alpha value is -0.340. The first kappa shape index (κ1) is 9.22. The van der Waals surface area contributed by atoms with Crippen molar-refractivity contribution in [2.45, 2.75) is 31.7 Å². The highest BCUT2D eigenvalue weighted by atomic mass is 15.2. The molecule has 2 N–H and O–H groups in total. The van der Waals surface area contributed by atoms with E-state index in [1.54, 1.807) is 0 Å². The van der Waals surface area contributed by atoms with Crippen LogP contribution in [0.15, 0.2) is 12.2 Å². The van der Waals surface area contributed by atoms with Crippen molar-refractivity contribution in [3.8, 4) is 0 Å². The minimum atomic E-state index is 0.727. The summed E-state index contributed by atoms with van der Waals surface area (Å²) in [7, 11) is 0. The van der Waals surface area contributed by atoms with Gasteiger partial charge < -0.3 is 5.73 Å². The molecule has 2 aliphatic rings. The van der Waals surface area contributed by atoms with Crippen molar-refractivity contribution in [3.05, 3.63) is 12.2 Å². The topological polar surface area (TPSA) is 29.3 Å². The molecule has 74 valence electrons. The zero-order valence-electron chi connectivity index (χ0n) is 8.28. The maximum absolute atomic E-state index is 5.68. The SMILES string of the molecule is NCC1CCN(C2C=CCCC2)C1. The first-order chi connectivity index (χ1) is 6.40. The molecule has 0 aromatic carbocycles. The minimum absolute atomic E-state index is 0.727. The molecular formula is C11H20N2. The summed E-state index contributed by atoms with van der Waals surface area (Å²) in [4.78, 5) is 2.60. The first-order valence-corrected chi connectivity index (χ1v) is 5.51. The fourth-order valence-electron chi connectivity index (χ4n) is 2.45. The maximum Gasteiger partial charge on any atom is 0.0278 e. The summed E-state index contributed by atoms with van der Waals surface area (Å²) in [5.74, 6) is 0.760. The Kier molecular flexibility index (Phi) is 3.01. The van der Waals surface area contributed by atoms with Gasteiger partial charge in [-0.05, 0) is 44.7 Å². The number of rotatable bonds is 2. The number of allylic oxidation sites excluding steroid dienone is 1. The fourth-order valence-corrected chi connectivity index (χ4v) is 2.45. The minimum Gasteiger partial charge on any atom is -0.330 e. The maximum atomic E-state index is 5.68. The van der Waals surface area contributed by atoms with Crippen molar-refractivity contribution in [2.24, 2.45) is 11.7 Å². The molecule has 2 atom stereocenters. The normalized spacial score (nSPS) is 35.5. The Labute approximate surface area is 80.8 Å². The lowest BCUT2D eigenvalue weighted by molar-refractivity contribution is 0.254. The summed E-state index contributed by atoms with van der Waals surface area (Å²) >= 11 is 0. The van der Waals surface area contributed by atoms with Gasteiger partial charge in [0, 0.05) is 12.6 Å². The summed E-state index contributed by atoms with van der Waals surface area (Å²) in [5, 5.41) is 0. The number of likely N-dealkylation sites (tertiary alicyclic amines) is 1. The Morgan fingerprint density at radius 2 is 2.31 bits per heavy atom. The number of hydrogen-bond acceptors (Lipinski definition) is 2. The van der Waals surface area contributed by atoms with Crippen LogP contribution in [-0.4, -0.2) is 30.6 Å². The van der Waals surface area contributed by atoms with E-state index >= 15 is 0 Å². The van der Waals surface area contributed by atoms with E-state index < -0.39 is 0 Å². The number of nitrogens with zero attached hydrogens (tertiary/aromatic N) is 1. The van der Waals surface area contributed by atoms with Crippen LogP contribution >= 0.6 is 0 Å². The van der Waals surface area contributed by atoms with Gasteiger partial charge in [-0.25, -0.2) is 0 Å². The summed E-state index contributed by atoms with van der Waals surface area (Å²) in [6.07, 6.45) is 10.0. The quantitative estimate of drug-likeness (QED) is 0.650. The van der Waals surface area contributed by atoms with Gasteiger partial charge in [-0.15, -0.1) is 0 Å². The van der Waals surface area contributed by atoms with Crippen molar-refractivity contribution in [3.63, 3.8) is 0 Å². The molecule has 1 saturated heterocycles. The van der Waals surface area contributed by atoms with Crippen LogP contribution in [-0.2, 0) is 0 Å². The van der Waals surface area contributed by atoms with Crippen molar-refractivity contribution < 1.29 is 0 Å². The van der Waals surface area contributed by atoms with E-state index in [1.165, 1.54) is 38.8 Å². The van der Waals surface area contributed by atoms with Crippen LogP contribution in [0.5, 0.6) is 0 Å². The molecule has 0 saturated carbocycles. The van der Waals surface area contributed by atoms with Gasteiger partial charge in [0.2, 0.25) is 0 Å². The molecule has 0 aromatic rings. The zero-order chi connectivity index (χ0) is 9.10. The molecule has 2 unspecified atom stereocenters. The second-order valence-corrected chi connectivity index (χ2v) is 4.31. The molecule has 0 amide bonds. The largest absolute Gasteiger partial charge is 0.330 e. The van der Waals surface area contributed by atoms with Crippen LogP contribution in [0.1, 0.15) is 25.7 Å². The summed E-state index contributed by atoms with van der Waals surface area (Å²) in [5.41, 5.74) is 5.68. The zero-order valence-corrected chi connectivity index (χ0v) is 8.28. The second-order valence-electron chi connectivity index (χ2n) is 4.31. The van der Waals surface area contributed by atoms with E-state index in [9.17, 15) is 0 Å². The lowest BCUT2D eigenvalue weighted by atomic mass is 10.0. The summed E-state index contributed by atoms with van der Waals surface area (Å²) < 4.78 is 0. The molecule has 1 aliphatic heterocycles. The molecule has 1 heterocycles. The van der Waals surface area contributed by atoms with Crippen LogP contribution in [0.25, 0.3) is 0 Å². The van der Waals surface area contributed by atoms with E-state index in [0.717, 1.165) is 18.5 Å². The van der Waals surface area contributed by atoms with Gasteiger partial charge in [-0.3, -0.25) is 4.90 Å². The molecule has 1 fully saturated rings. The van der Waals surface area contributed by atoms with Gasteiger partial charge in [0.15, 0.2) is 0 Å². The Bertz CT molecular complexity index is 189. The van der Waals surface area contributed by atoms with Crippen molar-refractivity contribution in [2.75, 3.05) is 19.6 Å². The molecule has 1 aliphatic carbocycles. The van der Waals surface area contributed by atoms with Crippen LogP contribution in [0.2, 0.25) is 0 Å². The van der Waals surface area contributed by atoms with E-state index in [2.05, 4.69) is 17.1 Å². The van der Waals surface area contributed by atoms with Gasteiger partial charge in [-0.2, -0.15) is 0 Å². The van der Waals surface area contributed by atoms with Gasteiger partial charge >= 0.3 is 0 Å². The Morgan fingerprint density at radius 3 is 2.92 bits per heavy atom. The third-order valence-corrected chi connectivity index (χ3v) is 3.35. The highest BCUT2D eigenvalue weighted by Gasteiger charge is 2.26. The fraction of sp³-hybridized carbons (Fsp3) is 0.818. The Morgan fingerprint density at radius 1 is 1.38 bits per heavy atom. The molecule has 2 nitrogen and oxygen atoms in total. The molecule has 13 heavy (non-hydrogen) atoms. The van der Waals surface area contributed by atoms with E-state index in [0.29, 0.717) is 0 Å². The van der Waals surface area contributed by atoms with E-state index in [1.807, 2.05) is 0 Å². The lowest BCUT2D eigenvalue weighted by Crippen LogP contribution is -2.33. The molecular weight excluding hydrogens is 160 g/mol. The number of hydrogen-bond donors (Lipinski definition) is 1. The predicted octanol–water partition coefficient (Wildman–Crippen LogP) is 1.38. The highest BCUT2D eigenvalue weighted by molar-refractivity contribution is 5.00. The molecule has 0 spiro atoms. The van der Waals surface area contributed by atoms with Crippen LogP contribution in [0.3, 0.4) is 0 Å². The summed E-state index contributed by atoms with van der Waals surface area (Å²) in [6, 6.07) is 0.727. The average molecular weight is 180 g/mol. The van der Waals surface area contributed by atoms with Crippen LogP contribution in [0.4, 0.5) is 0 Å². The van der Waals surface area contributed by atoms with Crippen molar-refractivity contribution in [1.29, 1.82) is 0 Å². The van der Waals surface area contributed by atoms with Crippen LogP contribution in [0, 0.1) is 5.92 Å². The van der Waals surface area contributed by atoms with E-state index in [4.69, 9.17) is 5.73 Å². The predicted molar refractivity (Wildman–Crippen MR) is 55.5 cm³/mol. The number of nitrogens with two attached hydrogens (primary N) is 1. The smallest absolute Gasteiger partial charge is 0.0278 e. The lowest BCUT2D eigenvalue weighted by Gasteiger charge is -2.27. The van der Waals surface area contributed by atoms with E-state index in [-0.39, 0.29) is 0 Å². The van der Waals surface area contributed by atoms with Gasteiger partial charge in [0.25, 0.3) is 0 Å². The molecule has 0 radical (unpaired) electrons. The van der Waals surface area contributed by atoms with Gasteiger partial charge in [0.05, 0.1) is 0 Å². The second kappa shape index (κ2) is 4.25. The van der Waals surface area contributed by atoms with Crippen molar-refractivity contribution in [1.82, 2.24) is 4.90 Å². The van der Waals surface area contributed by atoms with Crippen molar-refractivity contribution >= 4 is 0 Å². The molecule has 2 rings (SSSR count). The average Bonchev–Trinajstić information content (AvgIpc) is 2.67. The molecule has 2 heteroatoms. The third-order valence-electron chi connectivity index (χ3n) is 3.35. The highest BCUT2D eigenvalue weighted by Crippen LogP contribution is 2.23. The molecule has 0 bridgehead atoms. The third kappa shape index (κ3) is 2.12. The summed E-state index contributed by atoms with van der Waals surface area (Å²) in [6.45, 7) is 3.36. The van der Waals surface area contributed by atoms with Gasteiger partial charge in [-0.1, -0.05) is 12.2 Å². The monoisotopic (exact) mass is 180 g/mol. The van der Waals surface area contributed by atoms with Crippen LogP contribution < -0.4 is 5.73 Å². The molecule has 0 aromatic heterocycles. The standard InChI is InChI=1S/C11H20N2/c12-8-10-6-7-13(9-10)11-4-2-1-3-5-11/h2,4,10-11H,1,3,5-9,12H2. The Balaban J connectivity index is 1.87. The first-order valence-electron chi connectivity index (χ1n) is 5.51. The van der Waals surface area contributed by atoms with Gasteiger partial charge in [0.1, 0.15) is 0 Å².